The van der Waals surface area contributed by atoms with Crippen molar-refractivity contribution in [2.75, 3.05) is 6.61 Å². The van der Waals surface area contributed by atoms with Gasteiger partial charge in [0.25, 0.3) is 0 Å². The molecule has 5 heteroatoms. The number of rotatable bonds is 5. The highest BCUT2D eigenvalue weighted by Gasteiger charge is 2.13. The molecule has 17 heavy (non-hydrogen) atoms. The molecule has 86 valence electrons. The monoisotopic (exact) mass is 291 g/mol. The molecule has 0 heterocycles. The number of halogens is 1. The van der Waals surface area contributed by atoms with Crippen molar-refractivity contribution in [2.45, 2.75) is 12.5 Å². The van der Waals surface area contributed by atoms with Gasteiger partial charge in [0.2, 0.25) is 0 Å². The number of nitrogens with zero attached hydrogens (tertiary/aromatic N) is 3. The molecular weight excluding hydrogens is 282 g/mol. The fourth-order valence-electron chi connectivity index (χ4n) is 1.34. The van der Waals surface area contributed by atoms with Gasteiger partial charge >= 0.3 is 0 Å². The van der Waals surface area contributed by atoms with Gasteiger partial charge in [-0.1, -0.05) is 15.9 Å². The van der Waals surface area contributed by atoms with E-state index < -0.39 is 0 Å². The first kappa shape index (κ1) is 13.2. The van der Waals surface area contributed by atoms with Crippen LogP contribution in [0.15, 0.2) is 27.7 Å². The number of ether oxygens (including phenoxy) is 1. The zero-order valence-electron chi connectivity index (χ0n) is 9.06. The summed E-state index contributed by atoms with van der Waals surface area (Å²) in [4.78, 5) is 3.91. The molecule has 0 N–H and O–H groups in total. The average molecular weight is 292 g/mol. The van der Waals surface area contributed by atoms with Crippen molar-refractivity contribution in [1.82, 2.24) is 0 Å². The van der Waals surface area contributed by atoms with Crippen LogP contribution in [0.3, 0.4) is 0 Å². The zero-order valence-corrected chi connectivity index (χ0v) is 10.6. The summed E-state index contributed by atoms with van der Waals surface area (Å²) >= 11 is 3.39. The maximum absolute atomic E-state index is 8.70. The Labute approximate surface area is 108 Å². The summed E-state index contributed by atoms with van der Waals surface area (Å²) in [5, 5.41) is 17.1. The van der Waals surface area contributed by atoms with E-state index in [9.17, 15) is 0 Å². The molecule has 1 atom stereocenters. The number of aliphatic imine (C=N–C) groups is 1. The molecule has 0 saturated carbocycles. The zero-order chi connectivity index (χ0) is 12.7. The Morgan fingerprint density at radius 3 is 2.76 bits per heavy atom. The lowest BCUT2D eigenvalue weighted by Gasteiger charge is -2.12. The number of hydrogen-bond donors (Lipinski definition) is 0. The second kappa shape index (κ2) is 6.67. The Hall–Kier alpha value is -1.85. The summed E-state index contributed by atoms with van der Waals surface area (Å²) < 4.78 is 6.04. The van der Waals surface area contributed by atoms with E-state index in [1.54, 1.807) is 18.2 Å². The van der Waals surface area contributed by atoms with Crippen LogP contribution in [0.1, 0.15) is 18.0 Å². The molecule has 0 aliphatic heterocycles. The summed E-state index contributed by atoms with van der Waals surface area (Å²) in [7, 11) is 0. The molecule has 0 spiro atoms. The van der Waals surface area contributed by atoms with Gasteiger partial charge in [-0.25, -0.2) is 0 Å². The lowest BCUT2D eigenvalue weighted by molar-refractivity contribution is 0.367. The van der Waals surface area contributed by atoms with E-state index in [4.69, 9.17) is 15.3 Å². The van der Waals surface area contributed by atoms with Crippen molar-refractivity contribution >= 4 is 22.6 Å². The normalized spacial score (nSPS) is 11.0. The highest BCUT2D eigenvalue weighted by Crippen LogP contribution is 2.31. The maximum Gasteiger partial charge on any atom is 0.174 e. The SMILES string of the molecule is C=NC(CC#N)c1cc(OCC#N)ccc1Br. The molecule has 1 aromatic carbocycles. The molecule has 0 radical (unpaired) electrons. The van der Waals surface area contributed by atoms with Gasteiger partial charge < -0.3 is 4.74 Å². The molecule has 0 amide bonds. The Morgan fingerprint density at radius 2 is 2.18 bits per heavy atom. The van der Waals surface area contributed by atoms with E-state index >= 15 is 0 Å². The van der Waals surface area contributed by atoms with Crippen molar-refractivity contribution in [1.29, 1.82) is 10.5 Å². The Kier molecular flexibility index (Phi) is 5.19. The van der Waals surface area contributed by atoms with Crippen molar-refractivity contribution in [3.63, 3.8) is 0 Å². The van der Waals surface area contributed by atoms with E-state index in [1.807, 2.05) is 6.07 Å². The fraction of sp³-hybridized carbons (Fsp3) is 0.250. The van der Waals surface area contributed by atoms with Crippen LogP contribution in [-0.2, 0) is 0 Å². The van der Waals surface area contributed by atoms with Crippen LogP contribution in [0, 0.1) is 22.7 Å². The average Bonchev–Trinajstić information content (AvgIpc) is 2.35. The molecule has 0 aromatic heterocycles. The highest BCUT2D eigenvalue weighted by molar-refractivity contribution is 9.10. The Bertz CT molecular complexity index is 488. The minimum absolute atomic E-state index is 0.00843. The van der Waals surface area contributed by atoms with Crippen LogP contribution in [0.4, 0.5) is 0 Å². The van der Waals surface area contributed by atoms with E-state index in [0.29, 0.717) is 5.75 Å². The first-order valence-corrected chi connectivity index (χ1v) is 5.64. The predicted molar refractivity (Wildman–Crippen MR) is 67.8 cm³/mol. The van der Waals surface area contributed by atoms with E-state index in [-0.39, 0.29) is 19.1 Å². The molecule has 1 unspecified atom stereocenters. The summed E-state index contributed by atoms with van der Waals surface area (Å²) in [6.45, 7) is 3.47. The molecular formula is C12H10BrN3O. The highest BCUT2D eigenvalue weighted by atomic mass is 79.9. The minimum Gasteiger partial charge on any atom is -0.479 e. The molecule has 1 aromatic rings. The summed E-state index contributed by atoms with van der Waals surface area (Å²) in [5.74, 6) is 0.580. The topological polar surface area (TPSA) is 69.2 Å². The Morgan fingerprint density at radius 1 is 1.41 bits per heavy atom. The largest absolute Gasteiger partial charge is 0.479 e. The van der Waals surface area contributed by atoms with Crippen LogP contribution < -0.4 is 4.74 Å². The molecule has 0 aliphatic rings. The van der Waals surface area contributed by atoms with Gasteiger partial charge in [0.05, 0.1) is 18.5 Å². The fourth-order valence-corrected chi connectivity index (χ4v) is 1.85. The number of benzene rings is 1. The van der Waals surface area contributed by atoms with Gasteiger partial charge in [0, 0.05) is 4.47 Å². The lowest BCUT2D eigenvalue weighted by Crippen LogP contribution is -1.98. The quantitative estimate of drug-likeness (QED) is 0.783. The van der Waals surface area contributed by atoms with Gasteiger partial charge in [-0.2, -0.15) is 10.5 Å². The van der Waals surface area contributed by atoms with E-state index in [0.717, 1.165) is 10.0 Å². The van der Waals surface area contributed by atoms with Crippen LogP contribution in [0.25, 0.3) is 0 Å². The van der Waals surface area contributed by atoms with E-state index in [2.05, 4.69) is 33.7 Å². The first-order chi connectivity index (χ1) is 8.22. The first-order valence-electron chi connectivity index (χ1n) is 4.85. The number of nitriles is 2. The lowest BCUT2D eigenvalue weighted by atomic mass is 10.0. The van der Waals surface area contributed by atoms with Crippen LogP contribution in [0.2, 0.25) is 0 Å². The van der Waals surface area contributed by atoms with Crippen molar-refractivity contribution in [3.8, 4) is 17.9 Å². The van der Waals surface area contributed by atoms with Gasteiger partial charge in [0.1, 0.15) is 11.8 Å². The third-order valence-corrected chi connectivity index (χ3v) is 2.86. The van der Waals surface area contributed by atoms with Gasteiger partial charge in [0.15, 0.2) is 6.61 Å². The van der Waals surface area contributed by atoms with E-state index in [1.165, 1.54) is 0 Å². The molecule has 0 saturated heterocycles. The molecule has 4 nitrogen and oxygen atoms in total. The van der Waals surface area contributed by atoms with Crippen LogP contribution >= 0.6 is 15.9 Å². The smallest absolute Gasteiger partial charge is 0.174 e. The van der Waals surface area contributed by atoms with Gasteiger partial charge in [-0.3, -0.25) is 4.99 Å². The van der Waals surface area contributed by atoms with Crippen LogP contribution in [-0.4, -0.2) is 13.3 Å². The second-order valence-electron chi connectivity index (χ2n) is 3.19. The molecule has 0 bridgehead atoms. The third kappa shape index (κ3) is 3.58. The minimum atomic E-state index is -0.292. The third-order valence-electron chi connectivity index (χ3n) is 2.13. The summed E-state index contributed by atoms with van der Waals surface area (Å²) in [6, 6.07) is 8.98. The summed E-state index contributed by atoms with van der Waals surface area (Å²) in [5.41, 5.74) is 0.831. The predicted octanol–water partition coefficient (Wildman–Crippen LogP) is 3.01. The molecule has 1 rings (SSSR count). The number of hydrogen-bond acceptors (Lipinski definition) is 4. The maximum atomic E-state index is 8.70. The Balaban J connectivity index is 3.01. The molecule has 0 fully saturated rings. The second-order valence-corrected chi connectivity index (χ2v) is 4.05. The standard InChI is InChI=1S/C12H10BrN3O/c1-16-12(4-5-14)10-8-9(17-7-6-15)2-3-11(10)13/h2-3,8,12H,1,4,7H2. The van der Waals surface area contributed by atoms with Crippen molar-refractivity contribution < 1.29 is 4.74 Å². The van der Waals surface area contributed by atoms with Gasteiger partial charge in [-0.05, 0) is 30.5 Å². The molecule has 0 aliphatic carbocycles. The van der Waals surface area contributed by atoms with Crippen molar-refractivity contribution in [2.24, 2.45) is 4.99 Å². The van der Waals surface area contributed by atoms with Gasteiger partial charge in [-0.15, -0.1) is 0 Å². The van der Waals surface area contributed by atoms with Crippen molar-refractivity contribution in [3.05, 3.63) is 28.2 Å². The summed E-state index contributed by atoms with van der Waals surface area (Å²) in [6.07, 6.45) is 0.254. The van der Waals surface area contributed by atoms with Crippen LogP contribution in [0.5, 0.6) is 5.75 Å².